The Morgan fingerprint density at radius 3 is 2.74 bits per heavy atom. The number of ether oxygens (including phenoxy) is 2. The van der Waals surface area contributed by atoms with Crippen LogP contribution in [0.1, 0.15) is 48.4 Å². The minimum Gasteiger partial charge on any atom is -0.494 e. The molecule has 1 unspecified atom stereocenters. The molecule has 4 aliphatic heterocycles. The summed E-state index contributed by atoms with van der Waals surface area (Å²) in [5, 5.41) is 2.87. The summed E-state index contributed by atoms with van der Waals surface area (Å²) in [4.78, 5) is 30.2. The molecule has 186 valence electrons. The predicted octanol–water partition coefficient (Wildman–Crippen LogP) is 3.17. The minimum atomic E-state index is -0.161. The Kier molecular flexibility index (Phi) is 7.23. The average Bonchev–Trinajstić information content (AvgIpc) is 2.87. The molecule has 1 N–H and O–H groups in total. The number of fused-ring (bicyclic) bond motifs is 8. The number of likely N-dealkylation sites (tertiary alicyclic amines) is 1. The number of hydrogen-bond acceptors (Lipinski definition) is 5. The fourth-order valence-electron chi connectivity index (χ4n) is 5.42. The van der Waals surface area contributed by atoms with Gasteiger partial charge >= 0.3 is 0 Å². The second-order valence-electron chi connectivity index (χ2n) is 9.96. The number of rotatable bonds is 2. The molecule has 0 aromatic heterocycles. The van der Waals surface area contributed by atoms with Crippen LogP contribution in [0.15, 0.2) is 42.5 Å². The number of piperidine rings is 1. The van der Waals surface area contributed by atoms with Crippen LogP contribution in [0.4, 0.5) is 0 Å². The SMILES string of the molecule is CN1CCC(CC(=O)N2CCc3cc4ccc3C2c2cccc(c2)OCCCNC(=O)CO4)CC1. The zero-order valence-electron chi connectivity index (χ0n) is 20.5. The first-order valence-corrected chi connectivity index (χ1v) is 12.8. The average molecular weight is 478 g/mol. The highest BCUT2D eigenvalue weighted by atomic mass is 16.5. The van der Waals surface area contributed by atoms with Crippen LogP contribution < -0.4 is 14.8 Å². The van der Waals surface area contributed by atoms with Gasteiger partial charge in [-0.05, 0) is 92.7 Å². The summed E-state index contributed by atoms with van der Waals surface area (Å²) in [7, 11) is 2.15. The number of amides is 2. The van der Waals surface area contributed by atoms with Crippen LogP contribution in [0.25, 0.3) is 0 Å². The highest BCUT2D eigenvalue weighted by Crippen LogP contribution is 2.39. The minimum absolute atomic E-state index is 0.0106. The van der Waals surface area contributed by atoms with Gasteiger partial charge in [0, 0.05) is 19.5 Å². The molecule has 7 heteroatoms. The number of nitrogens with one attached hydrogen (secondary N) is 1. The van der Waals surface area contributed by atoms with Crippen molar-refractivity contribution < 1.29 is 19.1 Å². The lowest BCUT2D eigenvalue weighted by Crippen LogP contribution is -2.42. The van der Waals surface area contributed by atoms with E-state index in [4.69, 9.17) is 9.47 Å². The highest BCUT2D eigenvalue weighted by Gasteiger charge is 2.34. The van der Waals surface area contributed by atoms with Gasteiger partial charge in [-0.2, -0.15) is 0 Å². The second kappa shape index (κ2) is 10.7. The van der Waals surface area contributed by atoms with Gasteiger partial charge in [-0.3, -0.25) is 9.59 Å². The molecule has 7 nitrogen and oxygen atoms in total. The molecule has 2 aromatic carbocycles. The number of benzene rings is 2. The molecule has 1 atom stereocenters. The van der Waals surface area contributed by atoms with Crippen LogP contribution in [-0.2, 0) is 16.0 Å². The number of nitrogens with zero attached hydrogens (tertiary/aromatic N) is 2. The zero-order chi connectivity index (χ0) is 24.2. The smallest absolute Gasteiger partial charge is 0.257 e. The van der Waals surface area contributed by atoms with Gasteiger partial charge in [-0.15, -0.1) is 0 Å². The van der Waals surface area contributed by atoms with Crippen molar-refractivity contribution in [1.82, 2.24) is 15.1 Å². The Morgan fingerprint density at radius 1 is 1.06 bits per heavy atom. The molecule has 1 fully saturated rings. The van der Waals surface area contributed by atoms with E-state index in [9.17, 15) is 9.59 Å². The lowest BCUT2D eigenvalue weighted by Gasteiger charge is -2.39. The summed E-state index contributed by atoms with van der Waals surface area (Å²) >= 11 is 0. The van der Waals surface area contributed by atoms with Crippen LogP contribution in [0.3, 0.4) is 0 Å². The fraction of sp³-hybridized carbons (Fsp3) is 0.500. The predicted molar refractivity (Wildman–Crippen MR) is 134 cm³/mol. The van der Waals surface area contributed by atoms with Crippen molar-refractivity contribution >= 4 is 11.8 Å². The van der Waals surface area contributed by atoms with E-state index in [0.717, 1.165) is 54.8 Å². The van der Waals surface area contributed by atoms with Crippen LogP contribution in [0.5, 0.6) is 11.5 Å². The molecule has 4 heterocycles. The van der Waals surface area contributed by atoms with E-state index >= 15 is 0 Å². The Hall–Kier alpha value is -3.06. The molecular weight excluding hydrogens is 442 g/mol. The largest absolute Gasteiger partial charge is 0.494 e. The molecule has 0 saturated carbocycles. The van der Waals surface area contributed by atoms with E-state index in [1.165, 1.54) is 0 Å². The first kappa shape index (κ1) is 23.7. The molecule has 0 spiro atoms. The third-order valence-electron chi connectivity index (χ3n) is 7.42. The van der Waals surface area contributed by atoms with Crippen molar-refractivity contribution in [2.45, 2.75) is 38.1 Å². The van der Waals surface area contributed by atoms with Crippen molar-refractivity contribution in [1.29, 1.82) is 0 Å². The van der Waals surface area contributed by atoms with Gasteiger partial charge in [-0.25, -0.2) is 0 Å². The molecule has 1 saturated heterocycles. The van der Waals surface area contributed by atoms with Crippen LogP contribution in [-0.4, -0.2) is 68.1 Å². The maximum absolute atomic E-state index is 13.7. The van der Waals surface area contributed by atoms with E-state index in [1.54, 1.807) is 0 Å². The summed E-state index contributed by atoms with van der Waals surface area (Å²) in [5.74, 6) is 2.01. The van der Waals surface area contributed by atoms with Gasteiger partial charge in [0.2, 0.25) is 5.91 Å². The Bertz CT molecular complexity index is 1060. The van der Waals surface area contributed by atoms with Crippen molar-refractivity contribution in [3.63, 3.8) is 0 Å². The normalized spacial score (nSPS) is 21.7. The van der Waals surface area contributed by atoms with E-state index in [1.807, 2.05) is 24.3 Å². The van der Waals surface area contributed by atoms with Crippen LogP contribution >= 0.6 is 0 Å². The number of hydrogen-bond donors (Lipinski definition) is 1. The van der Waals surface area contributed by atoms with E-state index in [-0.39, 0.29) is 24.5 Å². The molecule has 6 rings (SSSR count). The Morgan fingerprint density at radius 2 is 1.89 bits per heavy atom. The van der Waals surface area contributed by atoms with Crippen molar-refractivity contribution in [3.05, 3.63) is 59.2 Å². The van der Waals surface area contributed by atoms with Gasteiger partial charge < -0.3 is 24.6 Å². The second-order valence-corrected chi connectivity index (χ2v) is 9.96. The first-order valence-electron chi connectivity index (χ1n) is 12.8. The summed E-state index contributed by atoms with van der Waals surface area (Å²) < 4.78 is 11.8. The van der Waals surface area contributed by atoms with E-state index in [0.29, 0.717) is 44.2 Å². The van der Waals surface area contributed by atoms with Crippen molar-refractivity contribution in [3.8, 4) is 11.5 Å². The summed E-state index contributed by atoms with van der Waals surface area (Å²) in [5.41, 5.74) is 3.35. The van der Waals surface area contributed by atoms with Crippen molar-refractivity contribution in [2.75, 3.05) is 46.4 Å². The Balaban J connectivity index is 1.46. The van der Waals surface area contributed by atoms with Gasteiger partial charge in [-0.1, -0.05) is 18.2 Å². The molecule has 0 radical (unpaired) electrons. The molecular formula is C28H35N3O4. The summed E-state index contributed by atoms with van der Waals surface area (Å²) in [6, 6.07) is 13.9. The van der Waals surface area contributed by atoms with Crippen LogP contribution in [0.2, 0.25) is 0 Å². The number of carbonyl (C=O) groups excluding carboxylic acids is 2. The van der Waals surface area contributed by atoms with Gasteiger partial charge in [0.25, 0.3) is 5.91 Å². The van der Waals surface area contributed by atoms with Crippen LogP contribution in [0, 0.1) is 5.92 Å². The molecule has 6 bridgehead atoms. The molecule has 2 amide bonds. The molecule has 0 aliphatic carbocycles. The summed E-state index contributed by atoms with van der Waals surface area (Å²) in [6.45, 7) is 3.82. The third-order valence-corrected chi connectivity index (χ3v) is 7.42. The summed E-state index contributed by atoms with van der Waals surface area (Å²) in [6.07, 6.45) is 4.24. The van der Waals surface area contributed by atoms with Crippen molar-refractivity contribution in [2.24, 2.45) is 5.92 Å². The monoisotopic (exact) mass is 477 g/mol. The topological polar surface area (TPSA) is 71.1 Å². The van der Waals surface area contributed by atoms with Gasteiger partial charge in [0.1, 0.15) is 11.5 Å². The fourth-order valence-corrected chi connectivity index (χ4v) is 5.42. The quantitative estimate of drug-likeness (QED) is 0.720. The Labute approximate surface area is 207 Å². The maximum atomic E-state index is 13.7. The van der Waals surface area contributed by atoms with E-state index in [2.05, 4.69) is 40.4 Å². The maximum Gasteiger partial charge on any atom is 0.257 e. The molecule has 2 aromatic rings. The van der Waals surface area contributed by atoms with Gasteiger partial charge in [0.15, 0.2) is 6.61 Å². The highest BCUT2D eigenvalue weighted by molar-refractivity contribution is 5.78. The standard InChI is InChI=1S/C28H35N3O4/c1-30-12-8-20(9-13-30)16-27(33)31-14-10-21-17-24-6-7-25(21)28(31)22-4-2-5-23(18-22)34-15-3-11-29-26(32)19-35-24/h2,4-7,17-18,20,28H,3,8-16,19H2,1H3,(H,29,32). The lowest BCUT2D eigenvalue weighted by molar-refractivity contribution is -0.134. The first-order chi connectivity index (χ1) is 17.1. The third kappa shape index (κ3) is 5.61. The van der Waals surface area contributed by atoms with Gasteiger partial charge in [0.05, 0.1) is 12.6 Å². The zero-order valence-corrected chi connectivity index (χ0v) is 20.5. The van der Waals surface area contributed by atoms with E-state index < -0.39 is 0 Å². The molecule has 4 aliphatic rings. The molecule has 35 heavy (non-hydrogen) atoms. The lowest BCUT2D eigenvalue weighted by atomic mass is 9.86. The number of carbonyl (C=O) groups is 2.